The molecule has 1 aliphatic carbocycles. The average molecular weight is 285 g/mol. The summed E-state index contributed by atoms with van der Waals surface area (Å²) in [5.74, 6) is 1.95. The maximum Gasteiger partial charge on any atom is 0.276 e. The van der Waals surface area contributed by atoms with Gasteiger partial charge in [0.25, 0.3) is 5.91 Å². The van der Waals surface area contributed by atoms with Crippen LogP contribution in [0.5, 0.6) is 5.75 Å². The van der Waals surface area contributed by atoms with Crippen molar-refractivity contribution >= 4 is 5.91 Å². The van der Waals surface area contributed by atoms with E-state index in [1.54, 1.807) is 23.4 Å². The summed E-state index contributed by atoms with van der Waals surface area (Å²) in [5, 5.41) is 3.87. The predicted molar refractivity (Wildman–Crippen MR) is 73.0 cm³/mol. The third kappa shape index (κ3) is 2.49. The Morgan fingerprint density at radius 1 is 1.38 bits per heavy atom. The number of rotatable bonds is 4. The maximum atomic E-state index is 12.2. The molecule has 0 atom stereocenters. The molecule has 2 fully saturated rings. The van der Waals surface area contributed by atoms with Crippen molar-refractivity contribution in [3.63, 3.8) is 0 Å². The molecule has 1 aliphatic heterocycles. The molecule has 1 saturated heterocycles. The average Bonchev–Trinajstić information content (AvgIpc) is 3.20. The van der Waals surface area contributed by atoms with Crippen molar-refractivity contribution in [2.75, 3.05) is 13.1 Å². The summed E-state index contributed by atoms with van der Waals surface area (Å²) in [7, 11) is 0. The first-order chi connectivity index (χ1) is 10.3. The number of aromatic nitrogens is 2. The molecule has 0 N–H and O–H groups in total. The monoisotopic (exact) mass is 285 g/mol. The highest BCUT2D eigenvalue weighted by molar-refractivity contribution is 5.92. The zero-order valence-corrected chi connectivity index (χ0v) is 11.4. The second kappa shape index (κ2) is 4.87. The van der Waals surface area contributed by atoms with Crippen LogP contribution >= 0.6 is 0 Å². The van der Waals surface area contributed by atoms with E-state index in [1.807, 2.05) is 12.1 Å². The van der Waals surface area contributed by atoms with Gasteiger partial charge in [-0.25, -0.2) is 0 Å². The van der Waals surface area contributed by atoms with Crippen molar-refractivity contribution in [1.29, 1.82) is 0 Å². The second-order valence-corrected chi connectivity index (χ2v) is 5.53. The Bertz CT molecular complexity index is 645. The van der Waals surface area contributed by atoms with E-state index in [4.69, 9.17) is 9.26 Å². The van der Waals surface area contributed by atoms with Crippen LogP contribution in [0.3, 0.4) is 0 Å². The number of nitrogens with zero attached hydrogens (tertiary/aromatic N) is 3. The number of hydrogen-bond acceptors (Lipinski definition) is 5. The number of carbonyl (C=O) groups excluding carboxylic acids is 1. The summed E-state index contributed by atoms with van der Waals surface area (Å²) >= 11 is 0. The van der Waals surface area contributed by atoms with Gasteiger partial charge in [-0.15, -0.1) is 0 Å². The van der Waals surface area contributed by atoms with Crippen LogP contribution in [0, 0.1) is 0 Å². The summed E-state index contributed by atoms with van der Waals surface area (Å²) in [6.07, 6.45) is 5.66. The van der Waals surface area contributed by atoms with E-state index >= 15 is 0 Å². The molecule has 6 nitrogen and oxygen atoms in total. The van der Waals surface area contributed by atoms with Crippen LogP contribution in [0.2, 0.25) is 0 Å². The first-order valence-corrected chi connectivity index (χ1v) is 7.12. The minimum Gasteiger partial charge on any atom is -0.485 e. The lowest BCUT2D eigenvalue weighted by molar-refractivity contribution is 0.0169. The first-order valence-electron chi connectivity index (χ1n) is 7.12. The molecular formula is C15H15N3O3. The molecule has 0 bridgehead atoms. The Kier molecular flexibility index (Phi) is 2.87. The van der Waals surface area contributed by atoms with E-state index in [-0.39, 0.29) is 12.0 Å². The summed E-state index contributed by atoms with van der Waals surface area (Å²) < 4.78 is 10.9. The van der Waals surface area contributed by atoms with E-state index in [0.29, 0.717) is 24.7 Å². The molecule has 0 aromatic carbocycles. The summed E-state index contributed by atoms with van der Waals surface area (Å²) in [4.78, 5) is 17.9. The normalized spacial score (nSPS) is 18.4. The number of carbonyl (C=O) groups is 1. The number of pyridine rings is 1. The van der Waals surface area contributed by atoms with Gasteiger partial charge in [-0.1, -0.05) is 5.16 Å². The lowest BCUT2D eigenvalue weighted by Crippen LogP contribution is -2.56. The standard InChI is InChI=1S/C15H15N3O3/c19-15(13-6-14(21-17-13)10-3-4-10)18-8-12(9-18)20-11-2-1-5-16-7-11/h1-2,5-7,10,12H,3-4,8-9H2. The summed E-state index contributed by atoms with van der Waals surface area (Å²) in [6.45, 7) is 1.14. The predicted octanol–water partition coefficient (Wildman–Crippen LogP) is 1.85. The minimum absolute atomic E-state index is 0.0213. The van der Waals surface area contributed by atoms with Crippen LogP contribution in [0.25, 0.3) is 0 Å². The topological polar surface area (TPSA) is 68.5 Å². The van der Waals surface area contributed by atoms with Crippen molar-refractivity contribution in [2.24, 2.45) is 0 Å². The second-order valence-electron chi connectivity index (χ2n) is 5.53. The van der Waals surface area contributed by atoms with Crippen molar-refractivity contribution in [3.8, 4) is 5.75 Å². The molecule has 2 aliphatic rings. The lowest BCUT2D eigenvalue weighted by Gasteiger charge is -2.38. The van der Waals surface area contributed by atoms with Crippen LogP contribution < -0.4 is 4.74 Å². The molecule has 2 aromatic heterocycles. The van der Waals surface area contributed by atoms with Crippen molar-refractivity contribution in [2.45, 2.75) is 24.9 Å². The minimum atomic E-state index is -0.0864. The highest BCUT2D eigenvalue weighted by Crippen LogP contribution is 2.40. The highest BCUT2D eigenvalue weighted by Gasteiger charge is 2.35. The van der Waals surface area contributed by atoms with Gasteiger partial charge in [0.1, 0.15) is 17.6 Å². The number of likely N-dealkylation sites (tertiary alicyclic amines) is 1. The van der Waals surface area contributed by atoms with Crippen LogP contribution in [0.15, 0.2) is 35.1 Å². The van der Waals surface area contributed by atoms with Gasteiger partial charge < -0.3 is 14.2 Å². The SMILES string of the molecule is O=C(c1cc(C2CC2)on1)N1CC(Oc2cccnc2)C1. The molecular weight excluding hydrogens is 270 g/mol. The van der Waals surface area contributed by atoms with Crippen LogP contribution in [0.1, 0.15) is 35.0 Å². The number of hydrogen-bond donors (Lipinski definition) is 0. The van der Waals surface area contributed by atoms with E-state index < -0.39 is 0 Å². The molecule has 1 amide bonds. The number of amides is 1. The van der Waals surface area contributed by atoms with Gasteiger partial charge in [0.05, 0.1) is 19.3 Å². The maximum absolute atomic E-state index is 12.2. The zero-order chi connectivity index (χ0) is 14.2. The third-order valence-corrected chi connectivity index (χ3v) is 3.80. The van der Waals surface area contributed by atoms with E-state index in [1.165, 1.54) is 0 Å². The van der Waals surface area contributed by atoms with Gasteiger partial charge in [-0.3, -0.25) is 9.78 Å². The fourth-order valence-corrected chi connectivity index (χ4v) is 2.40. The largest absolute Gasteiger partial charge is 0.485 e. The van der Waals surface area contributed by atoms with E-state index in [2.05, 4.69) is 10.1 Å². The quantitative estimate of drug-likeness (QED) is 0.857. The van der Waals surface area contributed by atoms with Crippen LogP contribution in [-0.4, -0.2) is 40.1 Å². The lowest BCUT2D eigenvalue weighted by atomic mass is 10.1. The van der Waals surface area contributed by atoms with Crippen LogP contribution in [0.4, 0.5) is 0 Å². The Hall–Kier alpha value is -2.37. The van der Waals surface area contributed by atoms with Crippen molar-refractivity contribution in [3.05, 3.63) is 42.0 Å². The molecule has 0 spiro atoms. The number of ether oxygens (including phenoxy) is 1. The summed E-state index contributed by atoms with van der Waals surface area (Å²) in [6, 6.07) is 5.46. The Labute approximate surface area is 121 Å². The van der Waals surface area contributed by atoms with Gasteiger partial charge in [-0.2, -0.15) is 0 Å². The smallest absolute Gasteiger partial charge is 0.276 e. The van der Waals surface area contributed by atoms with Gasteiger partial charge in [0.15, 0.2) is 5.69 Å². The molecule has 2 aromatic rings. The summed E-state index contributed by atoms with van der Waals surface area (Å²) in [5.41, 5.74) is 0.400. The first kappa shape index (κ1) is 12.4. The van der Waals surface area contributed by atoms with Crippen molar-refractivity contribution < 1.29 is 14.1 Å². The molecule has 3 heterocycles. The molecule has 6 heteroatoms. The zero-order valence-electron chi connectivity index (χ0n) is 11.4. The molecule has 0 unspecified atom stereocenters. The molecule has 0 radical (unpaired) electrons. The van der Waals surface area contributed by atoms with Gasteiger partial charge in [0.2, 0.25) is 0 Å². The van der Waals surface area contributed by atoms with Gasteiger partial charge in [-0.05, 0) is 25.0 Å². The van der Waals surface area contributed by atoms with Crippen molar-refractivity contribution in [1.82, 2.24) is 15.0 Å². The van der Waals surface area contributed by atoms with Gasteiger partial charge >= 0.3 is 0 Å². The Balaban J connectivity index is 1.33. The third-order valence-electron chi connectivity index (χ3n) is 3.80. The molecule has 108 valence electrons. The van der Waals surface area contributed by atoms with E-state index in [0.717, 1.165) is 24.4 Å². The van der Waals surface area contributed by atoms with Crippen LogP contribution in [-0.2, 0) is 0 Å². The molecule has 4 rings (SSSR count). The van der Waals surface area contributed by atoms with Gasteiger partial charge in [0, 0.05) is 18.2 Å². The molecule has 1 saturated carbocycles. The fourth-order valence-electron chi connectivity index (χ4n) is 2.40. The highest BCUT2D eigenvalue weighted by atomic mass is 16.5. The Morgan fingerprint density at radius 3 is 2.95 bits per heavy atom. The van der Waals surface area contributed by atoms with E-state index in [9.17, 15) is 4.79 Å². The molecule has 21 heavy (non-hydrogen) atoms. The Morgan fingerprint density at radius 2 is 2.24 bits per heavy atom. The fraction of sp³-hybridized carbons (Fsp3) is 0.400.